The van der Waals surface area contributed by atoms with Gasteiger partial charge < -0.3 is 15.0 Å². The standard InChI is InChI=1S/C14H24N2O/c1-5-15-8-9-16(3)11-13-6-7-14(17-4)12(2)10-13/h6-7,10,15H,5,8-9,11H2,1-4H3. The van der Waals surface area contributed by atoms with Gasteiger partial charge in [-0.05, 0) is 37.7 Å². The first-order chi connectivity index (χ1) is 8.17. The Kier molecular flexibility index (Phi) is 6.01. The van der Waals surface area contributed by atoms with Gasteiger partial charge in [0.05, 0.1) is 7.11 Å². The van der Waals surface area contributed by atoms with Crippen molar-refractivity contribution in [2.24, 2.45) is 0 Å². The molecule has 0 amide bonds. The van der Waals surface area contributed by atoms with Gasteiger partial charge in [-0.25, -0.2) is 0 Å². The monoisotopic (exact) mass is 236 g/mol. The van der Waals surface area contributed by atoms with E-state index in [1.807, 2.05) is 6.07 Å². The normalized spacial score (nSPS) is 10.9. The summed E-state index contributed by atoms with van der Waals surface area (Å²) in [6.07, 6.45) is 0. The first kappa shape index (κ1) is 14.0. The molecule has 0 atom stereocenters. The highest BCUT2D eigenvalue weighted by molar-refractivity contribution is 5.36. The lowest BCUT2D eigenvalue weighted by Gasteiger charge is -2.17. The maximum atomic E-state index is 5.26. The minimum atomic E-state index is 0.962. The smallest absolute Gasteiger partial charge is 0.121 e. The van der Waals surface area contributed by atoms with Gasteiger partial charge in [0, 0.05) is 19.6 Å². The van der Waals surface area contributed by atoms with Gasteiger partial charge in [0.25, 0.3) is 0 Å². The Balaban J connectivity index is 2.48. The molecule has 0 spiro atoms. The number of nitrogens with zero attached hydrogens (tertiary/aromatic N) is 1. The van der Waals surface area contributed by atoms with Gasteiger partial charge >= 0.3 is 0 Å². The summed E-state index contributed by atoms with van der Waals surface area (Å²) in [6.45, 7) is 8.35. The van der Waals surface area contributed by atoms with Gasteiger partial charge in [0.2, 0.25) is 0 Å². The fourth-order valence-electron chi connectivity index (χ4n) is 1.88. The summed E-state index contributed by atoms with van der Waals surface area (Å²) in [5.74, 6) is 0.962. The van der Waals surface area contributed by atoms with E-state index < -0.39 is 0 Å². The first-order valence-corrected chi connectivity index (χ1v) is 6.20. The van der Waals surface area contributed by atoms with Crippen LogP contribution < -0.4 is 10.1 Å². The van der Waals surface area contributed by atoms with Crippen LogP contribution in [0.3, 0.4) is 0 Å². The van der Waals surface area contributed by atoms with Crippen LogP contribution in [0.1, 0.15) is 18.1 Å². The SMILES string of the molecule is CCNCCN(C)Cc1ccc(OC)c(C)c1. The van der Waals surface area contributed by atoms with E-state index in [2.05, 4.69) is 43.2 Å². The maximum Gasteiger partial charge on any atom is 0.121 e. The van der Waals surface area contributed by atoms with E-state index in [9.17, 15) is 0 Å². The molecule has 0 aliphatic heterocycles. The molecule has 0 aliphatic carbocycles. The molecule has 1 aromatic rings. The zero-order valence-corrected chi connectivity index (χ0v) is 11.4. The molecular formula is C14H24N2O. The third-order valence-electron chi connectivity index (χ3n) is 2.83. The Hall–Kier alpha value is -1.06. The number of aryl methyl sites for hydroxylation is 1. The predicted octanol–water partition coefficient (Wildman–Crippen LogP) is 2.04. The number of hydrogen-bond acceptors (Lipinski definition) is 3. The van der Waals surface area contributed by atoms with Crippen molar-refractivity contribution in [3.63, 3.8) is 0 Å². The minimum Gasteiger partial charge on any atom is -0.496 e. The molecular weight excluding hydrogens is 212 g/mol. The Labute approximate surface area is 105 Å². The summed E-state index contributed by atoms with van der Waals surface area (Å²) in [4.78, 5) is 2.32. The van der Waals surface area contributed by atoms with Crippen LogP contribution in [0.2, 0.25) is 0 Å². The molecule has 1 rings (SSSR count). The summed E-state index contributed by atoms with van der Waals surface area (Å²) in [5.41, 5.74) is 2.53. The second-order valence-electron chi connectivity index (χ2n) is 4.40. The molecule has 96 valence electrons. The summed E-state index contributed by atoms with van der Waals surface area (Å²) >= 11 is 0. The minimum absolute atomic E-state index is 0.962. The maximum absolute atomic E-state index is 5.26. The van der Waals surface area contributed by atoms with Crippen LogP contribution in [0.25, 0.3) is 0 Å². The molecule has 1 N–H and O–H groups in total. The van der Waals surface area contributed by atoms with Crippen molar-refractivity contribution in [2.45, 2.75) is 20.4 Å². The number of methoxy groups -OCH3 is 1. The van der Waals surface area contributed by atoms with Crippen LogP contribution in [0.5, 0.6) is 5.75 Å². The topological polar surface area (TPSA) is 24.5 Å². The highest BCUT2D eigenvalue weighted by Gasteiger charge is 2.03. The van der Waals surface area contributed by atoms with E-state index in [1.165, 1.54) is 11.1 Å². The predicted molar refractivity (Wildman–Crippen MR) is 72.6 cm³/mol. The lowest BCUT2D eigenvalue weighted by Crippen LogP contribution is -2.28. The molecule has 1 aromatic carbocycles. The van der Waals surface area contributed by atoms with Crippen molar-refractivity contribution in [1.82, 2.24) is 10.2 Å². The van der Waals surface area contributed by atoms with Gasteiger partial charge in [0.1, 0.15) is 5.75 Å². The number of nitrogens with one attached hydrogen (secondary N) is 1. The van der Waals surface area contributed by atoms with Crippen LogP contribution in [-0.4, -0.2) is 38.7 Å². The summed E-state index contributed by atoms with van der Waals surface area (Å²) in [5, 5.41) is 3.33. The molecule has 0 aliphatic rings. The number of rotatable bonds is 7. The third-order valence-corrected chi connectivity index (χ3v) is 2.83. The summed E-state index contributed by atoms with van der Waals surface area (Å²) in [6, 6.07) is 6.38. The van der Waals surface area contributed by atoms with Crippen molar-refractivity contribution in [3.8, 4) is 5.75 Å². The highest BCUT2D eigenvalue weighted by atomic mass is 16.5. The Morgan fingerprint density at radius 2 is 2.12 bits per heavy atom. The third kappa shape index (κ3) is 4.75. The van der Waals surface area contributed by atoms with Crippen LogP contribution in [0.4, 0.5) is 0 Å². The molecule has 0 bridgehead atoms. The molecule has 0 fully saturated rings. The van der Waals surface area contributed by atoms with Gasteiger partial charge in [-0.3, -0.25) is 0 Å². The van der Waals surface area contributed by atoms with E-state index in [1.54, 1.807) is 7.11 Å². The molecule has 0 saturated heterocycles. The average molecular weight is 236 g/mol. The number of likely N-dealkylation sites (N-methyl/N-ethyl adjacent to an activating group) is 2. The molecule has 3 nitrogen and oxygen atoms in total. The van der Waals surface area contributed by atoms with Gasteiger partial charge in [-0.1, -0.05) is 19.1 Å². The summed E-state index contributed by atoms with van der Waals surface area (Å²) < 4.78 is 5.26. The Morgan fingerprint density at radius 1 is 1.35 bits per heavy atom. The van der Waals surface area contributed by atoms with E-state index in [-0.39, 0.29) is 0 Å². The number of ether oxygens (including phenoxy) is 1. The van der Waals surface area contributed by atoms with Crippen molar-refractivity contribution in [1.29, 1.82) is 0 Å². The molecule has 0 saturated carbocycles. The Morgan fingerprint density at radius 3 is 2.71 bits per heavy atom. The quantitative estimate of drug-likeness (QED) is 0.733. The fraction of sp³-hybridized carbons (Fsp3) is 0.571. The number of hydrogen-bond donors (Lipinski definition) is 1. The first-order valence-electron chi connectivity index (χ1n) is 6.20. The summed E-state index contributed by atoms with van der Waals surface area (Å²) in [7, 11) is 3.86. The van der Waals surface area contributed by atoms with Crippen molar-refractivity contribution < 1.29 is 4.74 Å². The zero-order chi connectivity index (χ0) is 12.7. The van der Waals surface area contributed by atoms with Crippen molar-refractivity contribution >= 4 is 0 Å². The highest BCUT2D eigenvalue weighted by Crippen LogP contribution is 2.18. The number of benzene rings is 1. The molecule has 3 heteroatoms. The average Bonchev–Trinajstić information content (AvgIpc) is 2.29. The van der Waals surface area contributed by atoms with Gasteiger partial charge in [0.15, 0.2) is 0 Å². The fourth-order valence-corrected chi connectivity index (χ4v) is 1.88. The van der Waals surface area contributed by atoms with E-state index >= 15 is 0 Å². The molecule has 0 unspecified atom stereocenters. The van der Waals surface area contributed by atoms with Crippen LogP contribution in [0, 0.1) is 6.92 Å². The second-order valence-corrected chi connectivity index (χ2v) is 4.40. The molecule has 0 radical (unpaired) electrons. The van der Waals surface area contributed by atoms with Crippen LogP contribution in [0.15, 0.2) is 18.2 Å². The van der Waals surface area contributed by atoms with E-state index in [0.717, 1.165) is 31.9 Å². The zero-order valence-electron chi connectivity index (χ0n) is 11.4. The largest absolute Gasteiger partial charge is 0.496 e. The van der Waals surface area contributed by atoms with Gasteiger partial charge in [-0.2, -0.15) is 0 Å². The van der Waals surface area contributed by atoms with Crippen LogP contribution >= 0.6 is 0 Å². The second kappa shape index (κ2) is 7.30. The lowest BCUT2D eigenvalue weighted by molar-refractivity contribution is 0.325. The van der Waals surface area contributed by atoms with Crippen molar-refractivity contribution in [2.75, 3.05) is 33.8 Å². The lowest BCUT2D eigenvalue weighted by atomic mass is 10.1. The Bertz CT molecular complexity index is 339. The van der Waals surface area contributed by atoms with Gasteiger partial charge in [-0.15, -0.1) is 0 Å². The van der Waals surface area contributed by atoms with E-state index in [4.69, 9.17) is 4.74 Å². The van der Waals surface area contributed by atoms with Crippen LogP contribution in [-0.2, 0) is 6.54 Å². The van der Waals surface area contributed by atoms with E-state index in [0.29, 0.717) is 0 Å². The molecule has 17 heavy (non-hydrogen) atoms. The molecule has 0 heterocycles. The molecule has 0 aromatic heterocycles. The van der Waals surface area contributed by atoms with Crippen molar-refractivity contribution in [3.05, 3.63) is 29.3 Å².